The fourth-order valence-corrected chi connectivity index (χ4v) is 3.37. The van der Waals surface area contributed by atoms with Crippen LogP contribution >= 0.6 is 0 Å². The highest BCUT2D eigenvalue weighted by molar-refractivity contribution is 5.92. The number of hydrogen-bond acceptors (Lipinski definition) is 2. The van der Waals surface area contributed by atoms with Crippen LogP contribution in [-0.4, -0.2) is 14.8 Å². The van der Waals surface area contributed by atoms with Gasteiger partial charge in [-0.25, -0.2) is 0 Å². The van der Waals surface area contributed by atoms with E-state index in [1.807, 2.05) is 13.8 Å². The number of hydrogen-bond donors (Lipinski definition) is 0. The molecule has 22 heavy (non-hydrogen) atoms. The van der Waals surface area contributed by atoms with E-state index in [4.69, 9.17) is 0 Å². The summed E-state index contributed by atoms with van der Waals surface area (Å²) in [5.74, 6) is 0.554. The third-order valence-electron chi connectivity index (χ3n) is 4.54. The van der Waals surface area contributed by atoms with Crippen molar-refractivity contribution < 1.29 is 0 Å². The normalized spacial score (nSPS) is 11.6. The lowest BCUT2D eigenvalue weighted by atomic mass is 10.0. The van der Waals surface area contributed by atoms with Gasteiger partial charge in [-0.1, -0.05) is 26.0 Å². The lowest BCUT2D eigenvalue weighted by molar-refractivity contribution is 0.864. The van der Waals surface area contributed by atoms with Gasteiger partial charge in [-0.05, 0) is 51.3 Å². The van der Waals surface area contributed by atoms with Gasteiger partial charge in [0.2, 0.25) is 0 Å². The van der Waals surface area contributed by atoms with Gasteiger partial charge < -0.3 is 4.57 Å². The number of fused-ring (bicyclic) bond motifs is 1. The molecule has 0 bridgehead atoms. The van der Waals surface area contributed by atoms with Crippen LogP contribution in [0, 0.1) is 27.7 Å². The maximum Gasteiger partial charge on any atom is 0.0696 e. The topological polar surface area (TPSA) is 30.7 Å². The Hall–Kier alpha value is -2.16. The van der Waals surface area contributed by atoms with E-state index in [1.54, 1.807) is 0 Å². The molecule has 114 valence electrons. The quantitative estimate of drug-likeness (QED) is 0.681. The van der Waals surface area contributed by atoms with E-state index in [1.165, 1.54) is 33.4 Å². The number of rotatable bonds is 2. The van der Waals surface area contributed by atoms with Crippen LogP contribution in [0.25, 0.3) is 16.5 Å². The number of aryl methyl sites for hydroxylation is 4. The highest BCUT2D eigenvalue weighted by Crippen LogP contribution is 2.31. The Morgan fingerprint density at radius 2 is 1.23 bits per heavy atom. The zero-order chi connectivity index (χ0) is 16.0. The van der Waals surface area contributed by atoms with E-state index in [0.29, 0.717) is 5.92 Å². The van der Waals surface area contributed by atoms with Gasteiger partial charge in [0, 0.05) is 27.8 Å². The monoisotopic (exact) mass is 293 g/mol. The molecule has 0 N–H and O–H groups in total. The van der Waals surface area contributed by atoms with Crippen LogP contribution in [0.3, 0.4) is 0 Å². The largest absolute Gasteiger partial charge is 0.317 e. The van der Waals surface area contributed by atoms with Crippen LogP contribution in [-0.2, 0) is 0 Å². The van der Waals surface area contributed by atoms with Gasteiger partial charge in [0.1, 0.15) is 0 Å². The summed E-state index contributed by atoms with van der Waals surface area (Å²) in [6, 6.07) is 8.86. The van der Waals surface area contributed by atoms with Gasteiger partial charge in [0.15, 0.2) is 0 Å². The van der Waals surface area contributed by atoms with Gasteiger partial charge in [-0.3, -0.25) is 0 Å². The SMILES string of the molecule is Cc1nnc(C)c2c(C)n(-c3ccc(C(C)C)cc3)c(C)c12. The lowest BCUT2D eigenvalue weighted by Crippen LogP contribution is -1.99. The van der Waals surface area contributed by atoms with Gasteiger partial charge >= 0.3 is 0 Å². The first-order valence-corrected chi connectivity index (χ1v) is 7.83. The van der Waals surface area contributed by atoms with Crippen LogP contribution in [0.15, 0.2) is 24.3 Å². The molecule has 0 radical (unpaired) electrons. The summed E-state index contributed by atoms with van der Waals surface area (Å²) in [7, 11) is 0. The average Bonchev–Trinajstić information content (AvgIpc) is 2.76. The Bertz CT molecular complexity index is 794. The van der Waals surface area contributed by atoms with Crippen molar-refractivity contribution in [2.75, 3.05) is 0 Å². The van der Waals surface area contributed by atoms with Crippen molar-refractivity contribution in [3.8, 4) is 5.69 Å². The molecule has 0 fully saturated rings. The molecule has 0 aliphatic carbocycles. The zero-order valence-electron chi connectivity index (χ0n) is 14.2. The van der Waals surface area contributed by atoms with Crippen molar-refractivity contribution in [2.24, 2.45) is 0 Å². The van der Waals surface area contributed by atoms with Gasteiger partial charge in [-0.2, -0.15) is 10.2 Å². The maximum atomic E-state index is 4.29. The smallest absolute Gasteiger partial charge is 0.0696 e. The average molecular weight is 293 g/mol. The summed E-state index contributed by atoms with van der Waals surface area (Å²) < 4.78 is 2.32. The molecule has 2 aromatic heterocycles. The zero-order valence-corrected chi connectivity index (χ0v) is 14.2. The molecule has 3 rings (SSSR count). The molecule has 3 nitrogen and oxygen atoms in total. The second-order valence-corrected chi connectivity index (χ2v) is 6.37. The Kier molecular flexibility index (Phi) is 3.51. The highest BCUT2D eigenvalue weighted by Gasteiger charge is 2.17. The van der Waals surface area contributed by atoms with E-state index in [-0.39, 0.29) is 0 Å². The van der Waals surface area contributed by atoms with Crippen LogP contribution < -0.4 is 0 Å². The molecule has 2 heterocycles. The van der Waals surface area contributed by atoms with Crippen molar-refractivity contribution in [2.45, 2.75) is 47.5 Å². The van der Waals surface area contributed by atoms with E-state index in [9.17, 15) is 0 Å². The minimum Gasteiger partial charge on any atom is -0.317 e. The van der Waals surface area contributed by atoms with Gasteiger partial charge in [-0.15, -0.1) is 0 Å². The summed E-state index contributed by atoms with van der Waals surface area (Å²) in [5.41, 5.74) is 7.04. The Morgan fingerprint density at radius 1 is 0.773 bits per heavy atom. The van der Waals surface area contributed by atoms with Crippen LogP contribution in [0.5, 0.6) is 0 Å². The second-order valence-electron chi connectivity index (χ2n) is 6.37. The third-order valence-corrected chi connectivity index (χ3v) is 4.54. The Morgan fingerprint density at radius 3 is 1.64 bits per heavy atom. The van der Waals surface area contributed by atoms with E-state index < -0.39 is 0 Å². The maximum absolute atomic E-state index is 4.29. The summed E-state index contributed by atoms with van der Waals surface area (Å²) >= 11 is 0. The summed E-state index contributed by atoms with van der Waals surface area (Å²) in [6.45, 7) is 12.8. The number of nitrogens with zero attached hydrogens (tertiary/aromatic N) is 3. The molecule has 0 unspecified atom stereocenters. The highest BCUT2D eigenvalue weighted by atomic mass is 15.1. The minimum atomic E-state index is 0.554. The molecule has 1 aromatic carbocycles. The molecule has 0 atom stereocenters. The van der Waals surface area contributed by atoms with Crippen molar-refractivity contribution >= 4 is 10.8 Å². The first kappa shape index (κ1) is 14.8. The van der Waals surface area contributed by atoms with E-state index in [2.05, 4.69) is 66.7 Å². The van der Waals surface area contributed by atoms with Crippen molar-refractivity contribution in [1.29, 1.82) is 0 Å². The van der Waals surface area contributed by atoms with Crippen molar-refractivity contribution in [3.63, 3.8) is 0 Å². The summed E-state index contributed by atoms with van der Waals surface area (Å²) in [5, 5.41) is 11.0. The predicted octanol–water partition coefficient (Wildman–Crippen LogP) is 4.78. The molecule has 0 aliphatic heterocycles. The molecule has 3 heteroatoms. The molecule has 0 saturated heterocycles. The molecular weight excluding hydrogens is 270 g/mol. The van der Waals surface area contributed by atoms with Crippen LogP contribution in [0.4, 0.5) is 0 Å². The van der Waals surface area contributed by atoms with Gasteiger partial charge in [0.25, 0.3) is 0 Å². The third kappa shape index (κ3) is 2.12. The Labute approximate surface area is 132 Å². The fraction of sp³-hybridized carbons (Fsp3) is 0.368. The van der Waals surface area contributed by atoms with E-state index >= 15 is 0 Å². The fourth-order valence-electron chi connectivity index (χ4n) is 3.37. The number of benzene rings is 1. The molecule has 0 saturated carbocycles. The summed E-state index contributed by atoms with van der Waals surface area (Å²) in [4.78, 5) is 0. The lowest BCUT2D eigenvalue weighted by Gasteiger charge is -2.11. The molecular formula is C19H23N3. The molecule has 3 aromatic rings. The van der Waals surface area contributed by atoms with Crippen molar-refractivity contribution in [3.05, 3.63) is 52.6 Å². The molecule has 0 amide bonds. The van der Waals surface area contributed by atoms with Crippen LogP contribution in [0.2, 0.25) is 0 Å². The molecule has 0 spiro atoms. The van der Waals surface area contributed by atoms with Crippen molar-refractivity contribution in [1.82, 2.24) is 14.8 Å². The van der Waals surface area contributed by atoms with Gasteiger partial charge in [0.05, 0.1) is 11.4 Å². The van der Waals surface area contributed by atoms with Crippen LogP contribution in [0.1, 0.15) is 48.1 Å². The van der Waals surface area contributed by atoms with E-state index in [0.717, 1.165) is 11.4 Å². The second kappa shape index (κ2) is 5.24. The number of aromatic nitrogens is 3. The predicted molar refractivity (Wildman–Crippen MR) is 91.9 cm³/mol. The minimum absolute atomic E-state index is 0.554. The molecule has 0 aliphatic rings. The summed E-state index contributed by atoms with van der Waals surface area (Å²) in [6.07, 6.45) is 0. The standard InChI is InChI=1S/C19H23N3/c1-11(2)16-7-9-17(10-8-16)22-14(5)18-12(3)20-21-13(4)19(18)15(22)6/h7-11H,1-6H3. The first-order chi connectivity index (χ1) is 10.4. The first-order valence-electron chi connectivity index (χ1n) is 7.83. The Balaban J connectivity index is 2.27.